The minimum absolute atomic E-state index is 0.174. The van der Waals surface area contributed by atoms with E-state index in [4.69, 9.17) is 17.3 Å². The number of rotatable bonds is 4. The van der Waals surface area contributed by atoms with Crippen molar-refractivity contribution >= 4 is 33.0 Å². The van der Waals surface area contributed by atoms with E-state index in [1.165, 1.54) is 6.42 Å². The number of nitrogens with one attached hydrogen (secondary N) is 1. The van der Waals surface area contributed by atoms with E-state index in [-0.39, 0.29) is 11.7 Å². The van der Waals surface area contributed by atoms with Crippen LogP contribution < -0.4 is 10.5 Å². The first-order chi connectivity index (χ1) is 8.96. The van der Waals surface area contributed by atoms with Gasteiger partial charge in [0, 0.05) is 5.69 Å². The van der Waals surface area contributed by atoms with Crippen LogP contribution in [-0.2, 0) is 10.0 Å². The fraction of sp³-hybridized carbons (Fsp3) is 0.538. The zero-order valence-corrected chi connectivity index (χ0v) is 12.3. The Hall–Kier alpha value is -0.940. The summed E-state index contributed by atoms with van der Waals surface area (Å²) in [6, 6.07) is 4.76. The molecule has 1 fully saturated rings. The first-order valence-electron chi connectivity index (χ1n) is 6.52. The van der Waals surface area contributed by atoms with Crippen molar-refractivity contribution in [2.24, 2.45) is 5.92 Å². The van der Waals surface area contributed by atoms with Crippen molar-refractivity contribution in [2.45, 2.75) is 32.1 Å². The van der Waals surface area contributed by atoms with Crippen LogP contribution in [0.25, 0.3) is 0 Å². The van der Waals surface area contributed by atoms with Crippen LogP contribution in [0.15, 0.2) is 18.2 Å². The molecule has 0 aliphatic heterocycles. The summed E-state index contributed by atoms with van der Waals surface area (Å²) in [7, 11) is -3.34. The largest absolute Gasteiger partial charge is 0.399 e. The Morgan fingerprint density at radius 2 is 1.95 bits per heavy atom. The molecule has 0 radical (unpaired) electrons. The van der Waals surface area contributed by atoms with Crippen molar-refractivity contribution < 1.29 is 8.42 Å². The van der Waals surface area contributed by atoms with Crippen LogP contribution in [0.5, 0.6) is 0 Å². The molecule has 4 nitrogen and oxygen atoms in total. The molecule has 2 rings (SSSR count). The topological polar surface area (TPSA) is 72.2 Å². The van der Waals surface area contributed by atoms with E-state index in [1.54, 1.807) is 18.2 Å². The molecule has 1 aliphatic carbocycles. The van der Waals surface area contributed by atoms with Gasteiger partial charge in [-0.1, -0.05) is 30.9 Å². The normalized spacial score (nSPS) is 17.3. The van der Waals surface area contributed by atoms with Crippen LogP contribution >= 0.6 is 11.6 Å². The molecule has 0 atom stereocenters. The monoisotopic (exact) mass is 302 g/mol. The van der Waals surface area contributed by atoms with E-state index in [1.807, 2.05) is 0 Å². The number of benzene rings is 1. The molecule has 0 spiro atoms. The van der Waals surface area contributed by atoms with Gasteiger partial charge in [-0.25, -0.2) is 8.42 Å². The van der Waals surface area contributed by atoms with Crippen LogP contribution in [0.3, 0.4) is 0 Å². The van der Waals surface area contributed by atoms with Crippen molar-refractivity contribution in [1.82, 2.24) is 0 Å². The van der Waals surface area contributed by atoms with Gasteiger partial charge in [0.15, 0.2) is 0 Å². The molecule has 1 aromatic rings. The number of anilines is 2. The molecule has 1 saturated carbocycles. The highest BCUT2D eigenvalue weighted by atomic mass is 35.5. The lowest BCUT2D eigenvalue weighted by Crippen LogP contribution is -2.24. The number of hydrogen-bond acceptors (Lipinski definition) is 3. The Kier molecular flexibility index (Phi) is 4.58. The fourth-order valence-corrected chi connectivity index (χ4v) is 4.33. The lowest BCUT2D eigenvalue weighted by molar-refractivity contribution is 0.385. The van der Waals surface area contributed by atoms with Crippen LogP contribution in [0.1, 0.15) is 32.1 Å². The second-order valence-corrected chi connectivity index (χ2v) is 7.30. The lowest BCUT2D eigenvalue weighted by atomic mass is 9.91. The van der Waals surface area contributed by atoms with Gasteiger partial charge >= 0.3 is 0 Å². The number of nitrogen functional groups attached to an aromatic ring is 1. The van der Waals surface area contributed by atoms with Crippen molar-refractivity contribution in [1.29, 1.82) is 0 Å². The molecule has 1 aromatic carbocycles. The highest BCUT2D eigenvalue weighted by Gasteiger charge is 2.21. The van der Waals surface area contributed by atoms with Gasteiger partial charge in [0.1, 0.15) is 0 Å². The molecule has 0 amide bonds. The number of halogens is 1. The van der Waals surface area contributed by atoms with Gasteiger partial charge in [-0.3, -0.25) is 4.72 Å². The molecule has 106 valence electrons. The van der Waals surface area contributed by atoms with Gasteiger partial charge in [-0.15, -0.1) is 0 Å². The quantitative estimate of drug-likeness (QED) is 0.839. The molecule has 3 N–H and O–H groups in total. The molecule has 0 saturated heterocycles. The molecule has 0 unspecified atom stereocenters. The van der Waals surface area contributed by atoms with Crippen LogP contribution in [0.4, 0.5) is 11.4 Å². The maximum absolute atomic E-state index is 12.1. The number of hydrogen-bond donors (Lipinski definition) is 2. The van der Waals surface area contributed by atoms with Crippen LogP contribution in [-0.4, -0.2) is 14.2 Å². The van der Waals surface area contributed by atoms with E-state index in [0.717, 1.165) is 25.7 Å². The van der Waals surface area contributed by atoms with Crippen molar-refractivity contribution in [3.05, 3.63) is 23.2 Å². The van der Waals surface area contributed by atoms with Gasteiger partial charge in [-0.05, 0) is 37.0 Å². The van der Waals surface area contributed by atoms with Crippen LogP contribution in [0.2, 0.25) is 5.02 Å². The smallest absolute Gasteiger partial charge is 0.233 e. The first kappa shape index (κ1) is 14.5. The molecular weight excluding hydrogens is 284 g/mol. The minimum Gasteiger partial charge on any atom is -0.399 e. The molecule has 0 heterocycles. The predicted molar refractivity (Wildman–Crippen MR) is 79.8 cm³/mol. The van der Waals surface area contributed by atoms with E-state index in [9.17, 15) is 8.42 Å². The second-order valence-electron chi connectivity index (χ2n) is 5.13. The Balaban J connectivity index is 2.03. The SMILES string of the molecule is Nc1ccc(NS(=O)(=O)CC2CCCCC2)c(Cl)c1. The average Bonchev–Trinajstić information content (AvgIpc) is 2.33. The third-order valence-corrected chi connectivity index (χ3v) is 5.19. The molecule has 6 heteroatoms. The fourth-order valence-electron chi connectivity index (χ4n) is 2.49. The third-order valence-electron chi connectivity index (χ3n) is 3.44. The van der Waals surface area contributed by atoms with Gasteiger partial charge in [0.2, 0.25) is 10.0 Å². The Labute approximate surface area is 119 Å². The van der Waals surface area contributed by atoms with Gasteiger partial charge < -0.3 is 5.73 Å². The van der Waals surface area contributed by atoms with E-state index < -0.39 is 10.0 Å². The van der Waals surface area contributed by atoms with Gasteiger partial charge in [0.05, 0.1) is 16.5 Å². The Morgan fingerprint density at radius 3 is 2.58 bits per heavy atom. The van der Waals surface area contributed by atoms with E-state index in [2.05, 4.69) is 4.72 Å². The number of nitrogens with two attached hydrogens (primary N) is 1. The summed E-state index contributed by atoms with van der Waals surface area (Å²) in [5.74, 6) is 0.437. The average molecular weight is 303 g/mol. The Bertz CT molecular complexity index is 540. The summed E-state index contributed by atoms with van der Waals surface area (Å²) in [5, 5.41) is 0.326. The summed E-state index contributed by atoms with van der Waals surface area (Å²) in [6.07, 6.45) is 5.46. The van der Waals surface area contributed by atoms with Gasteiger partial charge in [0.25, 0.3) is 0 Å². The minimum atomic E-state index is -3.34. The summed E-state index contributed by atoms with van der Waals surface area (Å²) < 4.78 is 26.8. The van der Waals surface area contributed by atoms with Crippen molar-refractivity contribution in [3.8, 4) is 0 Å². The van der Waals surface area contributed by atoms with E-state index >= 15 is 0 Å². The first-order valence-corrected chi connectivity index (χ1v) is 8.55. The highest BCUT2D eigenvalue weighted by molar-refractivity contribution is 7.92. The van der Waals surface area contributed by atoms with E-state index in [0.29, 0.717) is 16.4 Å². The second kappa shape index (κ2) is 6.01. The summed E-state index contributed by atoms with van der Waals surface area (Å²) in [4.78, 5) is 0. The Morgan fingerprint density at radius 1 is 1.26 bits per heavy atom. The lowest BCUT2D eigenvalue weighted by Gasteiger charge is -2.21. The zero-order valence-electron chi connectivity index (χ0n) is 10.7. The summed E-state index contributed by atoms with van der Waals surface area (Å²) in [6.45, 7) is 0. The molecular formula is C13H19ClN2O2S. The van der Waals surface area contributed by atoms with Gasteiger partial charge in [-0.2, -0.15) is 0 Å². The summed E-state index contributed by atoms with van der Waals surface area (Å²) >= 11 is 5.97. The number of sulfonamides is 1. The maximum Gasteiger partial charge on any atom is 0.233 e. The summed E-state index contributed by atoms with van der Waals surface area (Å²) in [5.41, 5.74) is 6.49. The molecule has 19 heavy (non-hydrogen) atoms. The molecule has 0 bridgehead atoms. The highest BCUT2D eigenvalue weighted by Crippen LogP contribution is 2.28. The van der Waals surface area contributed by atoms with Crippen molar-refractivity contribution in [3.63, 3.8) is 0 Å². The third kappa shape index (κ3) is 4.28. The maximum atomic E-state index is 12.1. The molecule has 1 aliphatic rings. The zero-order chi connectivity index (χ0) is 13.9. The van der Waals surface area contributed by atoms with Crippen molar-refractivity contribution in [2.75, 3.05) is 16.2 Å². The molecule has 0 aromatic heterocycles. The predicted octanol–water partition coefficient (Wildman–Crippen LogP) is 3.24. The van der Waals surface area contributed by atoms with Crippen LogP contribution in [0, 0.1) is 5.92 Å². The standard InChI is InChI=1S/C13H19ClN2O2S/c14-12-8-11(15)6-7-13(12)16-19(17,18)9-10-4-2-1-3-5-10/h6-8,10,16H,1-5,9,15H2.